The number of aromatic nitrogens is 4. The predicted molar refractivity (Wildman–Crippen MR) is 99.9 cm³/mol. The minimum atomic E-state index is -0.0173. The van der Waals surface area contributed by atoms with Gasteiger partial charge >= 0.3 is 0 Å². The minimum absolute atomic E-state index is 0.0173. The lowest BCUT2D eigenvalue weighted by Crippen LogP contribution is -2.30. The second-order valence-corrected chi connectivity index (χ2v) is 7.05. The molecule has 6 nitrogen and oxygen atoms in total. The van der Waals surface area contributed by atoms with E-state index in [0.29, 0.717) is 13.1 Å². The quantitative estimate of drug-likeness (QED) is 0.788. The second-order valence-electron chi connectivity index (χ2n) is 7.05. The normalized spacial score (nSPS) is 16.3. The SMILES string of the molecule is Cc1cc(C)n(Cc2cccc(NC(=O)C3CCc4cncn4C3)c2)n1. The van der Waals surface area contributed by atoms with Crippen molar-refractivity contribution in [1.82, 2.24) is 19.3 Å². The minimum Gasteiger partial charge on any atom is -0.334 e. The Hall–Kier alpha value is -2.89. The summed E-state index contributed by atoms with van der Waals surface area (Å²) in [7, 11) is 0. The lowest BCUT2D eigenvalue weighted by atomic mass is 9.97. The molecule has 3 heterocycles. The van der Waals surface area contributed by atoms with Crippen LogP contribution in [-0.4, -0.2) is 25.2 Å². The molecule has 0 saturated carbocycles. The molecule has 2 aromatic heterocycles. The second kappa shape index (κ2) is 6.78. The van der Waals surface area contributed by atoms with E-state index in [-0.39, 0.29) is 11.8 Å². The number of aryl methyl sites for hydroxylation is 3. The molecule has 1 aromatic carbocycles. The Bertz CT molecular complexity index is 939. The summed E-state index contributed by atoms with van der Waals surface area (Å²) in [6.45, 7) is 5.45. The number of amides is 1. The first-order valence-electron chi connectivity index (χ1n) is 8.98. The summed E-state index contributed by atoms with van der Waals surface area (Å²) < 4.78 is 4.06. The van der Waals surface area contributed by atoms with Gasteiger partial charge in [0, 0.05) is 29.8 Å². The molecule has 6 heteroatoms. The molecule has 1 aliphatic rings. The van der Waals surface area contributed by atoms with E-state index in [1.807, 2.05) is 42.3 Å². The highest BCUT2D eigenvalue weighted by molar-refractivity contribution is 5.92. The zero-order chi connectivity index (χ0) is 18.1. The van der Waals surface area contributed by atoms with Crippen LogP contribution in [0.2, 0.25) is 0 Å². The smallest absolute Gasteiger partial charge is 0.229 e. The van der Waals surface area contributed by atoms with E-state index in [4.69, 9.17) is 0 Å². The van der Waals surface area contributed by atoms with Crippen LogP contribution in [0.3, 0.4) is 0 Å². The first kappa shape index (κ1) is 16.6. The molecule has 134 valence electrons. The highest BCUT2D eigenvalue weighted by Gasteiger charge is 2.24. The number of carbonyl (C=O) groups is 1. The highest BCUT2D eigenvalue weighted by Crippen LogP contribution is 2.21. The maximum atomic E-state index is 12.7. The number of hydrogen-bond donors (Lipinski definition) is 1. The molecule has 26 heavy (non-hydrogen) atoms. The first-order chi connectivity index (χ1) is 12.6. The Balaban J connectivity index is 1.44. The summed E-state index contributed by atoms with van der Waals surface area (Å²) in [6, 6.07) is 10.1. The standard InChI is InChI=1S/C20H23N5O/c1-14-8-15(2)25(23-14)11-16-4-3-5-18(9-16)22-20(26)17-6-7-19-10-21-13-24(19)12-17/h3-5,8-10,13,17H,6-7,11-12H2,1-2H3,(H,22,26). The van der Waals surface area contributed by atoms with Crippen molar-refractivity contribution in [1.29, 1.82) is 0 Å². The van der Waals surface area contributed by atoms with Crippen LogP contribution in [0.4, 0.5) is 5.69 Å². The van der Waals surface area contributed by atoms with E-state index in [0.717, 1.165) is 35.5 Å². The third-order valence-corrected chi connectivity index (χ3v) is 4.97. The lowest BCUT2D eigenvalue weighted by molar-refractivity contribution is -0.120. The number of hydrogen-bond acceptors (Lipinski definition) is 3. The average Bonchev–Trinajstić information content (AvgIpc) is 3.20. The number of benzene rings is 1. The molecule has 1 atom stereocenters. The molecule has 0 bridgehead atoms. The van der Waals surface area contributed by atoms with Crippen LogP contribution >= 0.6 is 0 Å². The van der Waals surface area contributed by atoms with Gasteiger partial charge in [0.05, 0.1) is 24.5 Å². The Kier molecular flexibility index (Phi) is 4.32. The van der Waals surface area contributed by atoms with Crippen LogP contribution in [0.1, 0.15) is 29.1 Å². The zero-order valence-corrected chi connectivity index (χ0v) is 15.1. The van der Waals surface area contributed by atoms with Crippen LogP contribution in [-0.2, 0) is 24.3 Å². The summed E-state index contributed by atoms with van der Waals surface area (Å²) in [4.78, 5) is 16.8. The fourth-order valence-electron chi connectivity index (χ4n) is 3.59. The van der Waals surface area contributed by atoms with Crippen LogP contribution in [0, 0.1) is 19.8 Å². The molecule has 0 aliphatic carbocycles. The number of imidazole rings is 1. The molecule has 0 saturated heterocycles. The topological polar surface area (TPSA) is 64.7 Å². The molecule has 0 fully saturated rings. The number of rotatable bonds is 4. The van der Waals surface area contributed by atoms with E-state index in [1.165, 1.54) is 5.69 Å². The van der Waals surface area contributed by atoms with Gasteiger partial charge in [-0.3, -0.25) is 9.48 Å². The Labute approximate surface area is 152 Å². The molecule has 1 amide bonds. The van der Waals surface area contributed by atoms with Crippen molar-refractivity contribution in [2.75, 3.05) is 5.32 Å². The molecular weight excluding hydrogens is 326 g/mol. The predicted octanol–water partition coefficient (Wildman–Crippen LogP) is 2.95. The molecule has 1 unspecified atom stereocenters. The van der Waals surface area contributed by atoms with Crippen molar-refractivity contribution in [3.63, 3.8) is 0 Å². The van der Waals surface area contributed by atoms with Crippen LogP contribution in [0.25, 0.3) is 0 Å². The van der Waals surface area contributed by atoms with Gasteiger partial charge in [-0.2, -0.15) is 5.10 Å². The van der Waals surface area contributed by atoms with Crippen molar-refractivity contribution < 1.29 is 4.79 Å². The fraction of sp³-hybridized carbons (Fsp3) is 0.350. The van der Waals surface area contributed by atoms with Crippen molar-refractivity contribution in [2.24, 2.45) is 5.92 Å². The number of nitrogens with one attached hydrogen (secondary N) is 1. The number of carbonyl (C=O) groups excluding carboxylic acids is 1. The molecule has 3 aromatic rings. The van der Waals surface area contributed by atoms with E-state index < -0.39 is 0 Å². The van der Waals surface area contributed by atoms with Gasteiger partial charge in [-0.15, -0.1) is 0 Å². The first-order valence-corrected chi connectivity index (χ1v) is 8.98. The lowest BCUT2D eigenvalue weighted by Gasteiger charge is -2.23. The Morgan fingerprint density at radius 3 is 3.00 bits per heavy atom. The average molecular weight is 349 g/mol. The van der Waals surface area contributed by atoms with Crippen molar-refractivity contribution in [2.45, 2.75) is 39.8 Å². The van der Waals surface area contributed by atoms with E-state index in [1.54, 1.807) is 0 Å². The van der Waals surface area contributed by atoms with Gasteiger partial charge in [0.15, 0.2) is 0 Å². The summed E-state index contributed by atoms with van der Waals surface area (Å²) in [5.74, 6) is 0.0592. The summed E-state index contributed by atoms with van der Waals surface area (Å²) in [6.07, 6.45) is 5.46. The van der Waals surface area contributed by atoms with Gasteiger partial charge in [0.2, 0.25) is 5.91 Å². The Morgan fingerprint density at radius 2 is 2.19 bits per heavy atom. The van der Waals surface area contributed by atoms with E-state index in [9.17, 15) is 4.79 Å². The summed E-state index contributed by atoms with van der Waals surface area (Å²) in [5.41, 5.74) is 5.32. The molecule has 0 radical (unpaired) electrons. The van der Waals surface area contributed by atoms with Crippen LogP contribution < -0.4 is 5.32 Å². The molecular formula is C20H23N5O. The summed E-state index contributed by atoms with van der Waals surface area (Å²) >= 11 is 0. The van der Waals surface area contributed by atoms with E-state index in [2.05, 4.69) is 39.0 Å². The van der Waals surface area contributed by atoms with Crippen LogP contribution in [0.5, 0.6) is 0 Å². The molecule has 4 rings (SSSR count). The monoisotopic (exact) mass is 349 g/mol. The number of anilines is 1. The molecule has 1 aliphatic heterocycles. The maximum Gasteiger partial charge on any atom is 0.229 e. The van der Waals surface area contributed by atoms with Gasteiger partial charge in [-0.05, 0) is 50.5 Å². The number of fused-ring (bicyclic) bond motifs is 1. The third kappa shape index (κ3) is 3.40. The van der Waals surface area contributed by atoms with Gasteiger partial charge < -0.3 is 9.88 Å². The number of nitrogens with zero attached hydrogens (tertiary/aromatic N) is 4. The van der Waals surface area contributed by atoms with Crippen molar-refractivity contribution in [3.05, 3.63) is 65.5 Å². The van der Waals surface area contributed by atoms with Crippen LogP contribution in [0.15, 0.2) is 42.9 Å². The van der Waals surface area contributed by atoms with Gasteiger partial charge in [-0.25, -0.2) is 4.98 Å². The van der Waals surface area contributed by atoms with Gasteiger partial charge in [0.25, 0.3) is 0 Å². The highest BCUT2D eigenvalue weighted by atomic mass is 16.1. The van der Waals surface area contributed by atoms with Crippen molar-refractivity contribution in [3.8, 4) is 0 Å². The summed E-state index contributed by atoms with van der Waals surface area (Å²) in [5, 5.41) is 7.58. The van der Waals surface area contributed by atoms with Gasteiger partial charge in [-0.1, -0.05) is 12.1 Å². The Morgan fingerprint density at radius 1 is 1.31 bits per heavy atom. The third-order valence-electron chi connectivity index (χ3n) is 4.97. The molecule has 1 N–H and O–H groups in total. The van der Waals surface area contributed by atoms with E-state index >= 15 is 0 Å². The molecule has 0 spiro atoms. The fourth-order valence-corrected chi connectivity index (χ4v) is 3.59. The van der Waals surface area contributed by atoms with Crippen molar-refractivity contribution >= 4 is 11.6 Å². The maximum absolute atomic E-state index is 12.7. The van der Waals surface area contributed by atoms with Gasteiger partial charge in [0.1, 0.15) is 0 Å². The zero-order valence-electron chi connectivity index (χ0n) is 15.1. The largest absolute Gasteiger partial charge is 0.334 e.